The number of carbonyl (C=O) groups is 1. The van der Waals surface area contributed by atoms with Crippen molar-refractivity contribution in [2.45, 2.75) is 25.9 Å². The zero-order valence-corrected chi connectivity index (χ0v) is 13.8. The molecular weight excluding hydrogens is 330 g/mol. The molecule has 2 atom stereocenters. The average Bonchev–Trinajstić information content (AvgIpc) is 3.04. The van der Waals surface area contributed by atoms with Gasteiger partial charge in [0.1, 0.15) is 0 Å². The van der Waals surface area contributed by atoms with Crippen LogP contribution in [0.1, 0.15) is 37.1 Å². The maximum absolute atomic E-state index is 13.3. The van der Waals surface area contributed by atoms with Gasteiger partial charge in [-0.25, -0.2) is 13.6 Å². The van der Waals surface area contributed by atoms with E-state index in [4.69, 9.17) is 9.47 Å². The van der Waals surface area contributed by atoms with E-state index in [-0.39, 0.29) is 12.8 Å². The molecule has 0 spiro atoms. The normalized spacial score (nSPS) is 14.7. The number of amides is 2. The average molecular weight is 348 g/mol. The van der Waals surface area contributed by atoms with Gasteiger partial charge in [-0.15, -0.1) is 0 Å². The molecule has 0 fully saturated rings. The van der Waals surface area contributed by atoms with E-state index < -0.39 is 23.7 Å². The van der Waals surface area contributed by atoms with Crippen LogP contribution in [0.15, 0.2) is 36.4 Å². The van der Waals surface area contributed by atoms with Crippen LogP contribution in [0, 0.1) is 11.6 Å². The number of halogens is 2. The fraction of sp³-hybridized carbons (Fsp3) is 0.278. The number of benzene rings is 2. The second-order valence-corrected chi connectivity index (χ2v) is 5.85. The Hall–Kier alpha value is -2.83. The molecule has 1 aliphatic rings. The third-order valence-electron chi connectivity index (χ3n) is 4.04. The van der Waals surface area contributed by atoms with Gasteiger partial charge in [0, 0.05) is 0 Å². The zero-order valence-electron chi connectivity index (χ0n) is 13.8. The van der Waals surface area contributed by atoms with Crippen molar-refractivity contribution >= 4 is 6.03 Å². The second-order valence-electron chi connectivity index (χ2n) is 5.85. The first-order valence-electron chi connectivity index (χ1n) is 7.85. The smallest absolute Gasteiger partial charge is 0.315 e. The molecule has 0 bridgehead atoms. The zero-order chi connectivity index (χ0) is 18.0. The molecule has 2 aromatic rings. The minimum Gasteiger partial charge on any atom is -0.454 e. The van der Waals surface area contributed by atoms with Gasteiger partial charge in [-0.2, -0.15) is 0 Å². The number of urea groups is 1. The highest BCUT2D eigenvalue weighted by Gasteiger charge is 2.18. The van der Waals surface area contributed by atoms with Gasteiger partial charge in [-0.1, -0.05) is 12.1 Å². The second kappa shape index (κ2) is 6.96. The maximum Gasteiger partial charge on any atom is 0.315 e. The molecule has 2 aromatic carbocycles. The Morgan fingerprint density at radius 3 is 2.20 bits per heavy atom. The number of hydrogen-bond donors (Lipinski definition) is 2. The molecule has 132 valence electrons. The summed E-state index contributed by atoms with van der Waals surface area (Å²) in [5.74, 6) is -0.550. The minimum atomic E-state index is -0.944. The van der Waals surface area contributed by atoms with Crippen LogP contribution >= 0.6 is 0 Å². The summed E-state index contributed by atoms with van der Waals surface area (Å²) in [6.45, 7) is 3.71. The predicted octanol–water partition coefficient (Wildman–Crippen LogP) is 3.81. The van der Waals surface area contributed by atoms with Crippen molar-refractivity contribution in [3.63, 3.8) is 0 Å². The standard InChI is InChI=1S/C18H18F2N2O3/c1-10(12-3-5-14(19)15(20)7-12)21-18(23)22-11(2)13-4-6-16-17(8-13)25-9-24-16/h3-8,10-11H,9H2,1-2H3,(H2,21,22,23). The highest BCUT2D eigenvalue weighted by molar-refractivity contribution is 5.75. The summed E-state index contributed by atoms with van der Waals surface area (Å²) in [4.78, 5) is 12.2. The van der Waals surface area contributed by atoms with Crippen LogP contribution in [-0.2, 0) is 0 Å². The predicted molar refractivity (Wildman–Crippen MR) is 87.4 cm³/mol. The summed E-state index contributed by atoms with van der Waals surface area (Å²) < 4.78 is 36.9. The molecule has 0 aliphatic carbocycles. The summed E-state index contributed by atoms with van der Waals surface area (Å²) in [5, 5.41) is 5.50. The first-order chi connectivity index (χ1) is 11.9. The molecule has 1 heterocycles. The van der Waals surface area contributed by atoms with Crippen LogP contribution in [-0.4, -0.2) is 12.8 Å². The summed E-state index contributed by atoms with van der Waals surface area (Å²) in [6, 6.07) is 7.83. The first kappa shape index (κ1) is 17.0. The fourth-order valence-corrected chi connectivity index (χ4v) is 2.57. The number of carbonyl (C=O) groups excluding carboxylic acids is 1. The largest absolute Gasteiger partial charge is 0.454 e. The molecule has 0 radical (unpaired) electrons. The minimum absolute atomic E-state index is 0.187. The summed E-state index contributed by atoms with van der Waals surface area (Å²) >= 11 is 0. The molecule has 1 aliphatic heterocycles. The molecule has 5 nitrogen and oxygen atoms in total. The van der Waals surface area contributed by atoms with E-state index in [9.17, 15) is 13.6 Å². The molecule has 2 amide bonds. The van der Waals surface area contributed by atoms with Gasteiger partial charge in [0.15, 0.2) is 23.1 Å². The van der Waals surface area contributed by atoms with Gasteiger partial charge in [0.2, 0.25) is 6.79 Å². The van der Waals surface area contributed by atoms with Gasteiger partial charge >= 0.3 is 6.03 Å². The highest BCUT2D eigenvalue weighted by Crippen LogP contribution is 2.34. The lowest BCUT2D eigenvalue weighted by atomic mass is 10.1. The Labute approximate surface area is 143 Å². The Balaban J connectivity index is 1.60. The van der Waals surface area contributed by atoms with Crippen molar-refractivity contribution in [1.29, 1.82) is 0 Å². The third kappa shape index (κ3) is 3.81. The lowest BCUT2D eigenvalue weighted by molar-refractivity contribution is 0.174. The lowest BCUT2D eigenvalue weighted by Gasteiger charge is -2.19. The first-order valence-corrected chi connectivity index (χ1v) is 7.85. The van der Waals surface area contributed by atoms with Gasteiger partial charge in [0.05, 0.1) is 12.1 Å². The van der Waals surface area contributed by atoms with Crippen molar-refractivity contribution in [3.8, 4) is 11.5 Å². The van der Waals surface area contributed by atoms with E-state index in [2.05, 4.69) is 10.6 Å². The number of fused-ring (bicyclic) bond motifs is 1. The number of rotatable bonds is 4. The van der Waals surface area contributed by atoms with Crippen molar-refractivity contribution in [2.24, 2.45) is 0 Å². The fourth-order valence-electron chi connectivity index (χ4n) is 2.57. The molecule has 25 heavy (non-hydrogen) atoms. The number of ether oxygens (including phenoxy) is 2. The van der Waals surface area contributed by atoms with Crippen molar-refractivity contribution in [3.05, 3.63) is 59.2 Å². The highest BCUT2D eigenvalue weighted by atomic mass is 19.2. The Morgan fingerprint density at radius 2 is 1.52 bits per heavy atom. The van der Waals surface area contributed by atoms with E-state index in [1.54, 1.807) is 13.0 Å². The van der Waals surface area contributed by atoms with Crippen LogP contribution < -0.4 is 20.1 Å². The SMILES string of the molecule is CC(NC(=O)NC(C)c1ccc2c(c1)OCO2)c1ccc(F)c(F)c1. The molecular formula is C18H18F2N2O3. The number of hydrogen-bond acceptors (Lipinski definition) is 3. The monoisotopic (exact) mass is 348 g/mol. The molecule has 0 aromatic heterocycles. The van der Waals surface area contributed by atoms with E-state index >= 15 is 0 Å². The lowest BCUT2D eigenvalue weighted by Crippen LogP contribution is -2.38. The van der Waals surface area contributed by atoms with Crippen molar-refractivity contribution in [1.82, 2.24) is 10.6 Å². The Kier molecular flexibility index (Phi) is 4.74. The van der Waals surface area contributed by atoms with Crippen molar-refractivity contribution < 1.29 is 23.0 Å². The van der Waals surface area contributed by atoms with Crippen LogP contribution in [0.3, 0.4) is 0 Å². The molecule has 7 heteroatoms. The number of nitrogens with one attached hydrogen (secondary N) is 2. The van der Waals surface area contributed by atoms with Gasteiger partial charge in [-0.05, 0) is 49.2 Å². The summed E-state index contributed by atoms with van der Waals surface area (Å²) in [5.41, 5.74) is 1.34. The topological polar surface area (TPSA) is 59.6 Å². The molecule has 0 saturated carbocycles. The summed E-state index contributed by atoms with van der Waals surface area (Å²) in [7, 11) is 0. The van der Waals surface area contributed by atoms with Crippen LogP contribution in [0.25, 0.3) is 0 Å². The quantitative estimate of drug-likeness (QED) is 0.883. The van der Waals surface area contributed by atoms with Gasteiger partial charge in [0.25, 0.3) is 0 Å². The van der Waals surface area contributed by atoms with Gasteiger partial charge < -0.3 is 20.1 Å². The Morgan fingerprint density at radius 1 is 0.920 bits per heavy atom. The van der Waals surface area contributed by atoms with E-state index in [1.807, 2.05) is 19.1 Å². The van der Waals surface area contributed by atoms with Gasteiger partial charge in [-0.3, -0.25) is 0 Å². The van der Waals surface area contributed by atoms with Crippen molar-refractivity contribution in [2.75, 3.05) is 6.79 Å². The molecule has 2 unspecified atom stereocenters. The van der Waals surface area contributed by atoms with Crippen LogP contribution in [0.2, 0.25) is 0 Å². The molecule has 0 saturated heterocycles. The molecule has 3 rings (SSSR count). The molecule has 2 N–H and O–H groups in total. The Bertz CT molecular complexity index is 798. The van der Waals surface area contributed by atoms with E-state index in [1.165, 1.54) is 6.07 Å². The maximum atomic E-state index is 13.3. The third-order valence-corrected chi connectivity index (χ3v) is 4.04. The van der Waals surface area contributed by atoms with E-state index in [0.29, 0.717) is 17.1 Å². The van der Waals surface area contributed by atoms with Crippen LogP contribution in [0.4, 0.5) is 13.6 Å². The van der Waals surface area contributed by atoms with Crippen LogP contribution in [0.5, 0.6) is 11.5 Å². The summed E-state index contributed by atoms with van der Waals surface area (Å²) in [6.07, 6.45) is 0. The van der Waals surface area contributed by atoms with E-state index in [0.717, 1.165) is 17.7 Å².